The number of aromatic nitrogens is 1. The first-order valence-corrected chi connectivity index (χ1v) is 6.77. The molecule has 0 bridgehead atoms. The van der Waals surface area contributed by atoms with Crippen molar-refractivity contribution in [2.24, 2.45) is 0 Å². The second kappa shape index (κ2) is 4.18. The van der Waals surface area contributed by atoms with E-state index in [1.54, 1.807) is 18.2 Å². The van der Waals surface area contributed by atoms with Crippen LogP contribution in [0.1, 0.15) is 11.3 Å². The fourth-order valence-electron chi connectivity index (χ4n) is 1.60. The monoisotopic (exact) mass is 249 g/mol. The first kappa shape index (κ1) is 11.6. The number of nitrogens with zero attached hydrogens (tertiary/aromatic N) is 2. The molecular weight excluding hydrogens is 238 g/mol. The Balaban J connectivity index is 2.23. The van der Waals surface area contributed by atoms with Crippen molar-refractivity contribution in [3.63, 3.8) is 0 Å². The Kier molecular flexibility index (Phi) is 2.86. The second-order valence-corrected chi connectivity index (χ2v) is 5.80. The van der Waals surface area contributed by atoms with Crippen LogP contribution in [0, 0.1) is 18.3 Å². The average Bonchev–Trinajstić information content (AvgIpc) is 2.58. The highest BCUT2D eigenvalue weighted by Gasteiger charge is 2.22. The molecule has 0 aliphatic carbocycles. The highest BCUT2D eigenvalue weighted by Crippen LogP contribution is 2.17. The molecule has 1 aromatic rings. The molecule has 0 aromatic carbocycles. The molecule has 0 radical (unpaired) electrons. The number of nitrogens with one attached hydrogen (secondary N) is 1. The third-order valence-corrected chi connectivity index (χ3v) is 3.80. The molecule has 1 aliphatic heterocycles. The van der Waals surface area contributed by atoms with Gasteiger partial charge in [-0.2, -0.15) is 5.26 Å². The number of pyridine rings is 1. The van der Waals surface area contributed by atoms with Crippen LogP contribution in [0.25, 0.3) is 0 Å². The minimum atomic E-state index is -3.10. The summed E-state index contributed by atoms with van der Waals surface area (Å²) in [5.41, 5.74) is 1.18. The number of sulfone groups is 1. The maximum atomic E-state index is 11.2. The molecule has 0 saturated carbocycles. The zero-order valence-corrected chi connectivity index (χ0v) is 10.0. The van der Waals surface area contributed by atoms with Crippen LogP contribution in [0.15, 0.2) is 23.6 Å². The highest BCUT2D eigenvalue weighted by molar-refractivity contribution is 7.94. The molecule has 0 fully saturated rings. The minimum absolute atomic E-state index is 0.00743. The van der Waals surface area contributed by atoms with Crippen molar-refractivity contribution in [2.75, 3.05) is 11.1 Å². The summed E-state index contributed by atoms with van der Waals surface area (Å²) in [6.45, 7) is 1.81. The van der Waals surface area contributed by atoms with Gasteiger partial charge in [0.2, 0.25) is 0 Å². The molecule has 5 nitrogen and oxygen atoms in total. The third-order valence-electron chi connectivity index (χ3n) is 2.41. The topological polar surface area (TPSA) is 82.9 Å². The number of nitriles is 1. The van der Waals surface area contributed by atoms with E-state index in [4.69, 9.17) is 5.26 Å². The molecule has 1 unspecified atom stereocenters. The van der Waals surface area contributed by atoms with Gasteiger partial charge in [0.05, 0.1) is 17.4 Å². The van der Waals surface area contributed by atoms with Gasteiger partial charge in [-0.05, 0) is 25.1 Å². The van der Waals surface area contributed by atoms with Crippen molar-refractivity contribution < 1.29 is 8.42 Å². The maximum Gasteiger partial charge on any atom is 0.173 e. The van der Waals surface area contributed by atoms with Crippen LogP contribution in [-0.2, 0) is 9.84 Å². The van der Waals surface area contributed by atoms with Gasteiger partial charge < -0.3 is 5.32 Å². The quantitative estimate of drug-likeness (QED) is 0.845. The Morgan fingerprint density at radius 2 is 2.29 bits per heavy atom. The van der Waals surface area contributed by atoms with Crippen LogP contribution in [0.2, 0.25) is 0 Å². The molecule has 6 heteroatoms. The molecule has 0 saturated heterocycles. The predicted octanol–water partition coefficient (Wildman–Crippen LogP) is 0.984. The van der Waals surface area contributed by atoms with E-state index in [0.717, 1.165) is 5.69 Å². The van der Waals surface area contributed by atoms with Crippen molar-refractivity contribution in [3.8, 4) is 6.07 Å². The van der Waals surface area contributed by atoms with E-state index in [9.17, 15) is 8.42 Å². The Labute approximate surface area is 99.7 Å². The van der Waals surface area contributed by atoms with Gasteiger partial charge in [-0.25, -0.2) is 13.4 Å². The summed E-state index contributed by atoms with van der Waals surface area (Å²) in [5, 5.41) is 13.1. The molecule has 0 amide bonds. The summed E-state index contributed by atoms with van der Waals surface area (Å²) in [5.74, 6) is 0.437. The van der Waals surface area contributed by atoms with Gasteiger partial charge in [-0.3, -0.25) is 0 Å². The lowest BCUT2D eigenvalue weighted by molar-refractivity contribution is 0.605. The fraction of sp³-hybridized carbons (Fsp3) is 0.273. The smallest absolute Gasteiger partial charge is 0.173 e. The van der Waals surface area contributed by atoms with Gasteiger partial charge >= 0.3 is 0 Å². The van der Waals surface area contributed by atoms with E-state index >= 15 is 0 Å². The molecule has 1 atom stereocenters. The lowest BCUT2D eigenvalue weighted by Crippen LogP contribution is -2.22. The Hall–Kier alpha value is -1.87. The standard InChI is InChI=1S/C11H11N3O2S/c1-8-2-3-9(6-12)11(13-8)14-10-4-5-17(15,16)7-10/h2-5,10H,7H2,1H3,(H,13,14). The molecule has 2 rings (SSSR count). The Morgan fingerprint density at radius 3 is 2.88 bits per heavy atom. The summed E-state index contributed by atoms with van der Waals surface area (Å²) in [6, 6.07) is 5.11. The van der Waals surface area contributed by atoms with Crippen LogP contribution in [0.3, 0.4) is 0 Å². The summed E-state index contributed by atoms with van der Waals surface area (Å²) in [6.07, 6.45) is 1.57. The average molecular weight is 249 g/mol. The number of aryl methyl sites for hydroxylation is 1. The van der Waals surface area contributed by atoms with E-state index in [0.29, 0.717) is 11.4 Å². The molecule has 88 valence electrons. The largest absolute Gasteiger partial charge is 0.362 e. The Morgan fingerprint density at radius 1 is 1.53 bits per heavy atom. The molecular formula is C11H11N3O2S. The molecule has 17 heavy (non-hydrogen) atoms. The first-order chi connectivity index (χ1) is 8.00. The van der Waals surface area contributed by atoms with Crippen molar-refractivity contribution in [1.82, 2.24) is 4.98 Å². The van der Waals surface area contributed by atoms with Crippen LogP contribution in [0.4, 0.5) is 5.82 Å². The van der Waals surface area contributed by atoms with Crippen LogP contribution >= 0.6 is 0 Å². The van der Waals surface area contributed by atoms with Gasteiger partial charge in [0.15, 0.2) is 9.84 Å². The SMILES string of the molecule is Cc1ccc(C#N)c(NC2C=CS(=O)(=O)C2)n1. The van der Waals surface area contributed by atoms with E-state index < -0.39 is 9.84 Å². The molecule has 1 aromatic heterocycles. The predicted molar refractivity (Wildman–Crippen MR) is 64.0 cm³/mol. The zero-order valence-electron chi connectivity index (χ0n) is 9.21. The van der Waals surface area contributed by atoms with Crippen LogP contribution in [0.5, 0.6) is 0 Å². The van der Waals surface area contributed by atoms with Crippen molar-refractivity contribution in [2.45, 2.75) is 13.0 Å². The van der Waals surface area contributed by atoms with Crippen LogP contribution in [-0.4, -0.2) is 25.2 Å². The van der Waals surface area contributed by atoms with Crippen molar-refractivity contribution >= 4 is 15.7 Å². The molecule has 1 aliphatic rings. The third kappa shape index (κ3) is 2.63. The van der Waals surface area contributed by atoms with Crippen molar-refractivity contribution in [3.05, 3.63) is 34.9 Å². The fourth-order valence-corrected chi connectivity index (χ4v) is 2.83. The van der Waals surface area contributed by atoms with Crippen LogP contribution < -0.4 is 5.32 Å². The summed E-state index contributed by atoms with van der Waals surface area (Å²) in [4.78, 5) is 4.19. The molecule has 2 heterocycles. The van der Waals surface area contributed by atoms with E-state index in [1.807, 2.05) is 13.0 Å². The van der Waals surface area contributed by atoms with Gasteiger partial charge in [0, 0.05) is 11.1 Å². The van der Waals surface area contributed by atoms with Gasteiger partial charge in [0.1, 0.15) is 11.9 Å². The lowest BCUT2D eigenvalue weighted by atomic mass is 10.2. The summed E-state index contributed by atoms with van der Waals surface area (Å²) < 4.78 is 22.5. The van der Waals surface area contributed by atoms with Gasteiger partial charge in [0.25, 0.3) is 0 Å². The van der Waals surface area contributed by atoms with Gasteiger partial charge in [-0.1, -0.05) is 0 Å². The number of hydrogen-bond donors (Lipinski definition) is 1. The highest BCUT2D eigenvalue weighted by atomic mass is 32.2. The molecule has 1 N–H and O–H groups in total. The maximum absolute atomic E-state index is 11.2. The summed E-state index contributed by atoms with van der Waals surface area (Å²) in [7, 11) is -3.10. The summed E-state index contributed by atoms with van der Waals surface area (Å²) >= 11 is 0. The minimum Gasteiger partial charge on any atom is -0.362 e. The van der Waals surface area contributed by atoms with Crippen molar-refractivity contribution in [1.29, 1.82) is 5.26 Å². The lowest BCUT2D eigenvalue weighted by Gasteiger charge is -2.12. The first-order valence-electron chi connectivity index (χ1n) is 5.05. The normalized spacial score (nSPS) is 21.1. The Bertz CT molecular complexity index is 614. The molecule has 0 spiro atoms. The number of rotatable bonds is 2. The number of anilines is 1. The van der Waals surface area contributed by atoms with E-state index in [1.165, 1.54) is 5.41 Å². The second-order valence-electron chi connectivity index (χ2n) is 3.87. The van der Waals surface area contributed by atoms with E-state index in [2.05, 4.69) is 10.3 Å². The van der Waals surface area contributed by atoms with E-state index in [-0.39, 0.29) is 11.8 Å². The van der Waals surface area contributed by atoms with Gasteiger partial charge in [-0.15, -0.1) is 0 Å². The zero-order chi connectivity index (χ0) is 12.5. The number of hydrogen-bond acceptors (Lipinski definition) is 5.